The third-order valence-corrected chi connectivity index (χ3v) is 9.61. The van der Waals surface area contributed by atoms with Gasteiger partial charge in [-0.3, -0.25) is 14.4 Å². The van der Waals surface area contributed by atoms with Crippen molar-refractivity contribution in [2.75, 3.05) is 6.54 Å². The monoisotopic (exact) mass is 626 g/mol. The Hall–Kier alpha value is -3.36. The van der Waals surface area contributed by atoms with Crippen LogP contribution in [0.2, 0.25) is 0 Å². The van der Waals surface area contributed by atoms with Gasteiger partial charge in [0.1, 0.15) is 12.1 Å². The van der Waals surface area contributed by atoms with Gasteiger partial charge in [0.05, 0.1) is 12.0 Å². The van der Waals surface area contributed by atoms with Crippen LogP contribution in [-0.2, 0) is 20.0 Å². The number of fused-ring (bicyclic) bond motifs is 6. The Balaban J connectivity index is 1.36. The van der Waals surface area contributed by atoms with Gasteiger partial charge in [0.25, 0.3) is 11.8 Å². The van der Waals surface area contributed by atoms with Crippen molar-refractivity contribution in [3.63, 3.8) is 0 Å². The van der Waals surface area contributed by atoms with E-state index < -0.39 is 59.7 Å². The van der Waals surface area contributed by atoms with Gasteiger partial charge in [-0.05, 0) is 55.4 Å². The first-order valence-corrected chi connectivity index (χ1v) is 14.7. The Kier molecular flexibility index (Phi) is 6.90. The van der Waals surface area contributed by atoms with Crippen molar-refractivity contribution in [3.8, 4) is 17.2 Å². The van der Waals surface area contributed by atoms with Crippen LogP contribution in [0, 0.1) is 23.2 Å². The van der Waals surface area contributed by atoms with Crippen molar-refractivity contribution in [2.24, 2.45) is 11.8 Å². The highest BCUT2D eigenvalue weighted by molar-refractivity contribution is 9.10. The molecule has 0 unspecified atom stereocenters. The third kappa shape index (κ3) is 4.43. The van der Waals surface area contributed by atoms with E-state index in [4.69, 9.17) is 0 Å². The molecule has 2 aromatic rings. The summed E-state index contributed by atoms with van der Waals surface area (Å²) >= 11 is 3.41. The zero-order chi connectivity index (χ0) is 29.1. The predicted octanol–water partition coefficient (Wildman–Crippen LogP) is 3.60. The molecule has 4 fully saturated rings. The number of nitrogens with one attached hydrogen (secondary N) is 2. The molecule has 3 heterocycles. The fraction of sp³-hybridized carbons (Fsp3) is 0.467. The lowest BCUT2D eigenvalue weighted by Crippen LogP contribution is -2.70. The molecule has 2 aliphatic carbocycles. The van der Waals surface area contributed by atoms with E-state index in [1.165, 1.54) is 0 Å². The van der Waals surface area contributed by atoms with E-state index in [0.717, 1.165) is 11.3 Å². The first-order chi connectivity index (χ1) is 19.6. The second kappa shape index (κ2) is 10.2. The normalized spacial score (nSPS) is 30.0. The molecular formula is C30H29BrF2N4O4. The molecule has 5 aliphatic rings. The predicted molar refractivity (Wildman–Crippen MR) is 147 cm³/mol. The van der Waals surface area contributed by atoms with Crippen LogP contribution in [-0.4, -0.2) is 58.3 Å². The van der Waals surface area contributed by atoms with Crippen molar-refractivity contribution in [1.29, 1.82) is 5.26 Å². The van der Waals surface area contributed by atoms with Crippen LogP contribution in [0.3, 0.4) is 0 Å². The lowest BCUT2D eigenvalue weighted by atomic mass is 9.70. The lowest BCUT2D eigenvalue weighted by molar-refractivity contribution is -0.201. The van der Waals surface area contributed by atoms with E-state index in [1.54, 1.807) is 42.5 Å². The summed E-state index contributed by atoms with van der Waals surface area (Å²) in [5, 5.41) is 27.3. The standard InChI is InChI=1S/C30H29BrF2N4O4/c31-17-7-9-21-20-5-1-2-6-22(20)30(41,24(21)13-17)28(40)37-19-8-10-23(29(32,33)14-19)25(37)27(39)36-18(15-34)12-16-4-3-11-35-26(16)38/h1-2,5-7,9,13,16,18-19,23,25,41H,3-4,8,10-12,14H2,(H,35,38)(H,36,39)/t16-,18+,19-,23-,25+,30-/m0/s1. The van der Waals surface area contributed by atoms with Crippen molar-refractivity contribution in [1.82, 2.24) is 15.5 Å². The van der Waals surface area contributed by atoms with Gasteiger partial charge >= 0.3 is 0 Å². The highest BCUT2D eigenvalue weighted by Gasteiger charge is 2.63. The number of hydrogen-bond acceptors (Lipinski definition) is 5. The number of carbonyl (C=O) groups is 3. The van der Waals surface area contributed by atoms with Crippen LogP contribution in [0.4, 0.5) is 8.78 Å². The molecule has 3 saturated heterocycles. The Morgan fingerprint density at radius 1 is 1.17 bits per heavy atom. The average molecular weight is 627 g/mol. The number of nitrogens with zero attached hydrogens (tertiary/aromatic N) is 2. The maximum absolute atomic E-state index is 15.3. The summed E-state index contributed by atoms with van der Waals surface area (Å²) in [6.45, 7) is 0.544. The van der Waals surface area contributed by atoms with Crippen molar-refractivity contribution in [3.05, 3.63) is 58.1 Å². The lowest BCUT2D eigenvalue weighted by Gasteiger charge is -2.54. The SMILES string of the molecule is N#C[C@@H](C[C@@H]1CCCNC1=O)NC(=O)[C@H]1[C@@H]2CC[C@@H](CC2(F)F)N1C(=O)[C@]1(O)c2ccccc2-c2ccc(Br)cc21. The molecule has 6 atom stereocenters. The van der Waals surface area contributed by atoms with Gasteiger partial charge in [0.2, 0.25) is 11.8 Å². The van der Waals surface area contributed by atoms with Gasteiger partial charge < -0.3 is 20.6 Å². The van der Waals surface area contributed by atoms with Gasteiger partial charge in [-0.25, -0.2) is 8.78 Å². The molecule has 3 amide bonds. The summed E-state index contributed by atoms with van der Waals surface area (Å²) in [6.07, 6.45) is 1.01. The molecule has 214 valence electrons. The van der Waals surface area contributed by atoms with E-state index >= 15 is 8.78 Å². The molecule has 11 heteroatoms. The summed E-state index contributed by atoms with van der Waals surface area (Å²) in [4.78, 5) is 41.7. The molecule has 8 nitrogen and oxygen atoms in total. The highest BCUT2D eigenvalue weighted by atomic mass is 79.9. The van der Waals surface area contributed by atoms with E-state index in [0.29, 0.717) is 39.7 Å². The van der Waals surface area contributed by atoms with Crippen molar-refractivity contribution < 1.29 is 28.3 Å². The smallest absolute Gasteiger partial charge is 0.264 e. The largest absolute Gasteiger partial charge is 0.372 e. The number of halogens is 3. The van der Waals surface area contributed by atoms with E-state index in [1.807, 2.05) is 6.07 Å². The number of nitriles is 1. The molecule has 7 rings (SSSR count). The minimum Gasteiger partial charge on any atom is -0.372 e. The number of carbonyl (C=O) groups excluding carboxylic acids is 3. The van der Waals surface area contributed by atoms with E-state index in [-0.39, 0.29) is 25.2 Å². The van der Waals surface area contributed by atoms with Gasteiger partial charge in [-0.1, -0.05) is 46.3 Å². The van der Waals surface area contributed by atoms with Crippen molar-refractivity contribution >= 4 is 33.7 Å². The number of aliphatic hydroxyl groups is 1. The second-order valence-corrected chi connectivity index (χ2v) is 12.4. The molecule has 1 saturated carbocycles. The Morgan fingerprint density at radius 3 is 2.66 bits per heavy atom. The first-order valence-electron chi connectivity index (χ1n) is 13.9. The highest BCUT2D eigenvalue weighted by Crippen LogP contribution is 2.54. The quantitative estimate of drug-likeness (QED) is 0.468. The summed E-state index contributed by atoms with van der Waals surface area (Å²) in [5.41, 5.74) is -0.277. The van der Waals surface area contributed by atoms with Crippen LogP contribution in [0.25, 0.3) is 11.1 Å². The first kappa shape index (κ1) is 27.8. The zero-order valence-corrected chi connectivity index (χ0v) is 23.7. The van der Waals surface area contributed by atoms with Gasteiger partial charge in [-0.15, -0.1) is 0 Å². The van der Waals surface area contributed by atoms with Crippen LogP contribution >= 0.6 is 15.9 Å². The summed E-state index contributed by atoms with van der Waals surface area (Å²) < 4.78 is 31.2. The third-order valence-electron chi connectivity index (χ3n) is 9.12. The number of hydrogen-bond donors (Lipinski definition) is 3. The van der Waals surface area contributed by atoms with Crippen LogP contribution in [0.15, 0.2) is 46.9 Å². The number of piperidine rings is 3. The minimum absolute atomic E-state index is 0.0267. The number of benzene rings is 2. The molecule has 2 aromatic carbocycles. The molecule has 0 radical (unpaired) electrons. The maximum Gasteiger partial charge on any atom is 0.264 e. The number of rotatable bonds is 5. The van der Waals surface area contributed by atoms with Crippen LogP contribution < -0.4 is 10.6 Å². The average Bonchev–Trinajstić information content (AvgIpc) is 3.21. The van der Waals surface area contributed by atoms with Gasteiger partial charge in [0.15, 0.2) is 5.60 Å². The van der Waals surface area contributed by atoms with Crippen LogP contribution in [0.1, 0.15) is 49.7 Å². The summed E-state index contributed by atoms with van der Waals surface area (Å²) in [5.74, 6) is -7.09. The van der Waals surface area contributed by atoms with Gasteiger partial charge in [0, 0.05) is 40.5 Å². The molecule has 3 N–H and O–H groups in total. The Labute approximate surface area is 244 Å². The fourth-order valence-electron chi connectivity index (χ4n) is 7.19. The molecule has 0 aromatic heterocycles. The topological polar surface area (TPSA) is 123 Å². The summed E-state index contributed by atoms with van der Waals surface area (Å²) in [6, 6.07) is 10.4. The minimum atomic E-state index is -3.20. The molecule has 2 bridgehead atoms. The fourth-order valence-corrected chi connectivity index (χ4v) is 7.55. The molecule has 41 heavy (non-hydrogen) atoms. The zero-order valence-electron chi connectivity index (χ0n) is 22.1. The van der Waals surface area contributed by atoms with E-state index in [9.17, 15) is 24.8 Å². The summed E-state index contributed by atoms with van der Waals surface area (Å²) in [7, 11) is 0. The number of amides is 3. The molecular weight excluding hydrogens is 598 g/mol. The van der Waals surface area contributed by atoms with Gasteiger partial charge in [-0.2, -0.15) is 5.26 Å². The maximum atomic E-state index is 15.3. The van der Waals surface area contributed by atoms with Crippen LogP contribution in [0.5, 0.6) is 0 Å². The Bertz CT molecular complexity index is 1480. The molecule has 3 aliphatic heterocycles. The number of alkyl halides is 2. The van der Waals surface area contributed by atoms with E-state index in [2.05, 4.69) is 26.6 Å². The molecule has 0 spiro atoms. The Morgan fingerprint density at radius 2 is 1.93 bits per heavy atom. The van der Waals surface area contributed by atoms with Crippen molar-refractivity contribution in [2.45, 2.75) is 68.2 Å². The second-order valence-electron chi connectivity index (χ2n) is 11.5.